The predicted molar refractivity (Wildman–Crippen MR) is 97.0 cm³/mol. The van der Waals surface area contributed by atoms with E-state index in [1.165, 1.54) is 18.9 Å². The van der Waals surface area contributed by atoms with Crippen LogP contribution in [-0.4, -0.2) is 42.3 Å². The Morgan fingerprint density at radius 3 is 2.28 bits per heavy atom. The molecule has 1 aliphatic heterocycles. The van der Waals surface area contributed by atoms with Crippen molar-refractivity contribution in [3.05, 3.63) is 18.0 Å². The van der Waals surface area contributed by atoms with Crippen LogP contribution >= 0.6 is 0 Å². The second-order valence-corrected chi connectivity index (χ2v) is 9.24. The molecule has 1 N–H and O–H groups in total. The van der Waals surface area contributed by atoms with E-state index >= 15 is 0 Å². The Morgan fingerprint density at radius 2 is 1.64 bits per heavy atom. The molecule has 0 bridgehead atoms. The number of hydrogen-bond donors (Lipinski definition) is 1. The number of aromatic nitrogens is 1. The fraction of sp³-hybridized carbons (Fsp3) is 0.722. The van der Waals surface area contributed by atoms with Crippen LogP contribution in [-0.2, 0) is 17.1 Å². The van der Waals surface area contributed by atoms with Crippen LogP contribution in [0, 0.1) is 0 Å². The molecule has 0 spiro atoms. The number of nitrogens with zero attached hydrogens (tertiary/aromatic N) is 2. The summed E-state index contributed by atoms with van der Waals surface area (Å²) in [5, 5.41) is 3.09. The van der Waals surface area contributed by atoms with Crippen molar-refractivity contribution < 1.29 is 13.2 Å². The van der Waals surface area contributed by atoms with Gasteiger partial charge in [0.1, 0.15) is 10.6 Å². The minimum atomic E-state index is -3.50. The first-order valence-electron chi connectivity index (χ1n) is 9.46. The molecule has 1 saturated carbocycles. The SMILES string of the molecule is Cn1cc(S(=O)(=O)N2CCCCC2)cc1C(=O)NC1CCCCCC1. The third kappa shape index (κ3) is 4.26. The van der Waals surface area contributed by atoms with Gasteiger partial charge in [-0.2, -0.15) is 4.31 Å². The zero-order chi connectivity index (χ0) is 17.9. The van der Waals surface area contributed by atoms with E-state index in [0.29, 0.717) is 18.8 Å². The third-order valence-corrected chi connectivity index (χ3v) is 7.22. The van der Waals surface area contributed by atoms with Crippen molar-refractivity contribution in [1.29, 1.82) is 0 Å². The number of nitrogens with one attached hydrogen (secondary N) is 1. The molecule has 3 rings (SSSR count). The molecule has 0 atom stereocenters. The molecule has 25 heavy (non-hydrogen) atoms. The van der Waals surface area contributed by atoms with Gasteiger partial charge in [-0.15, -0.1) is 0 Å². The minimum Gasteiger partial charge on any atom is -0.348 e. The van der Waals surface area contributed by atoms with E-state index in [0.717, 1.165) is 44.9 Å². The van der Waals surface area contributed by atoms with Gasteiger partial charge >= 0.3 is 0 Å². The van der Waals surface area contributed by atoms with Gasteiger partial charge in [0.2, 0.25) is 10.0 Å². The summed E-state index contributed by atoms with van der Waals surface area (Å²) >= 11 is 0. The van der Waals surface area contributed by atoms with E-state index in [4.69, 9.17) is 0 Å². The Morgan fingerprint density at radius 1 is 1.04 bits per heavy atom. The molecular formula is C18H29N3O3S. The van der Waals surface area contributed by atoms with Crippen LogP contribution < -0.4 is 5.32 Å². The molecule has 2 fully saturated rings. The van der Waals surface area contributed by atoms with Crippen molar-refractivity contribution in [2.24, 2.45) is 7.05 Å². The summed E-state index contributed by atoms with van der Waals surface area (Å²) in [6.07, 6.45) is 11.2. The first kappa shape index (κ1) is 18.5. The number of carbonyl (C=O) groups excluding carboxylic acids is 1. The summed E-state index contributed by atoms with van der Waals surface area (Å²) in [7, 11) is -1.77. The van der Waals surface area contributed by atoms with Gasteiger partial charge in [-0.1, -0.05) is 32.1 Å². The van der Waals surface area contributed by atoms with Gasteiger partial charge in [-0.05, 0) is 31.7 Å². The van der Waals surface area contributed by atoms with Crippen molar-refractivity contribution >= 4 is 15.9 Å². The molecule has 2 aliphatic rings. The van der Waals surface area contributed by atoms with Gasteiger partial charge < -0.3 is 9.88 Å². The average molecular weight is 368 g/mol. The van der Waals surface area contributed by atoms with E-state index in [1.807, 2.05) is 0 Å². The maximum atomic E-state index is 12.8. The average Bonchev–Trinajstić information content (AvgIpc) is 2.83. The lowest BCUT2D eigenvalue weighted by atomic mass is 10.1. The normalized spacial score (nSPS) is 21.0. The summed E-state index contributed by atoms with van der Waals surface area (Å²) in [5.74, 6) is -0.172. The smallest absolute Gasteiger partial charge is 0.268 e. The number of sulfonamides is 1. The lowest BCUT2D eigenvalue weighted by Crippen LogP contribution is -2.35. The van der Waals surface area contributed by atoms with E-state index in [9.17, 15) is 13.2 Å². The maximum Gasteiger partial charge on any atom is 0.268 e. The monoisotopic (exact) mass is 367 g/mol. The highest BCUT2D eigenvalue weighted by atomic mass is 32.2. The van der Waals surface area contributed by atoms with Gasteiger partial charge in [0.05, 0.1) is 0 Å². The number of hydrogen-bond acceptors (Lipinski definition) is 3. The van der Waals surface area contributed by atoms with Crippen molar-refractivity contribution in [3.63, 3.8) is 0 Å². The Labute approximate surface area is 150 Å². The second-order valence-electron chi connectivity index (χ2n) is 7.30. The van der Waals surface area contributed by atoms with Gasteiger partial charge in [0.15, 0.2) is 0 Å². The van der Waals surface area contributed by atoms with Crippen LogP contribution in [0.5, 0.6) is 0 Å². The van der Waals surface area contributed by atoms with Crippen LogP contribution in [0.2, 0.25) is 0 Å². The quantitative estimate of drug-likeness (QED) is 0.832. The van der Waals surface area contributed by atoms with Crippen molar-refractivity contribution in [3.8, 4) is 0 Å². The number of carbonyl (C=O) groups is 1. The van der Waals surface area contributed by atoms with Crippen LogP contribution in [0.4, 0.5) is 0 Å². The van der Waals surface area contributed by atoms with E-state index in [2.05, 4.69) is 5.32 Å². The number of aryl methyl sites for hydroxylation is 1. The zero-order valence-electron chi connectivity index (χ0n) is 15.0. The molecular weight excluding hydrogens is 338 g/mol. The molecule has 7 heteroatoms. The fourth-order valence-electron chi connectivity index (χ4n) is 3.84. The first-order chi connectivity index (χ1) is 12.0. The van der Waals surface area contributed by atoms with Gasteiger partial charge in [0, 0.05) is 32.4 Å². The highest BCUT2D eigenvalue weighted by Crippen LogP contribution is 2.23. The van der Waals surface area contributed by atoms with E-state index < -0.39 is 10.0 Å². The Bertz CT molecular complexity index is 697. The van der Waals surface area contributed by atoms with Gasteiger partial charge in [0.25, 0.3) is 5.91 Å². The summed E-state index contributed by atoms with van der Waals surface area (Å²) in [4.78, 5) is 12.8. The fourth-order valence-corrected chi connectivity index (χ4v) is 5.43. The Balaban J connectivity index is 1.73. The Hall–Kier alpha value is -1.34. The van der Waals surface area contributed by atoms with Crippen LogP contribution in [0.25, 0.3) is 0 Å². The molecule has 2 heterocycles. The molecule has 1 saturated heterocycles. The highest BCUT2D eigenvalue weighted by molar-refractivity contribution is 7.89. The molecule has 0 radical (unpaired) electrons. The van der Waals surface area contributed by atoms with Gasteiger partial charge in [-0.25, -0.2) is 8.42 Å². The number of amides is 1. The minimum absolute atomic E-state index is 0.172. The Kier molecular flexibility index (Phi) is 5.84. The first-order valence-corrected chi connectivity index (χ1v) is 10.9. The third-order valence-electron chi connectivity index (χ3n) is 5.36. The highest BCUT2D eigenvalue weighted by Gasteiger charge is 2.28. The molecule has 1 aliphatic carbocycles. The molecule has 6 nitrogen and oxygen atoms in total. The van der Waals surface area contributed by atoms with E-state index in [1.54, 1.807) is 22.1 Å². The largest absolute Gasteiger partial charge is 0.348 e. The van der Waals surface area contributed by atoms with Crippen molar-refractivity contribution in [1.82, 2.24) is 14.2 Å². The lowest BCUT2D eigenvalue weighted by Gasteiger charge is -2.25. The van der Waals surface area contributed by atoms with Gasteiger partial charge in [-0.3, -0.25) is 4.79 Å². The van der Waals surface area contributed by atoms with Crippen LogP contribution in [0.3, 0.4) is 0 Å². The van der Waals surface area contributed by atoms with Crippen LogP contribution in [0.15, 0.2) is 17.2 Å². The molecule has 1 aromatic heterocycles. The zero-order valence-corrected chi connectivity index (χ0v) is 15.9. The maximum absolute atomic E-state index is 12.8. The summed E-state index contributed by atoms with van der Waals surface area (Å²) in [5.41, 5.74) is 0.417. The lowest BCUT2D eigenvalue weighted by molar-refractivity contribution is 0.0925. The van der Waals surface area contributed by atoms with Crippen molar-refractivity contribution in [2.75, 3.05) is 13.1 Å². The molecule has 1 amide bonds. The molecule has 1 aromatic rings. The molecule has 140 valence electrons. The van der Waals surface area contributed by atoms with Crippen LogP contribution in [0.1, 0.15) is 68.3 Å². The van der Waals surface area contributed by atoms with Crippen molar-refractivity contribution in [2.45, 2.75) is 68.7 Å². The summed E-state index contributed by atoms with van der Waals surface area (Å²) in [6, 6.07) is 1.72. The molecule has 0 unspecified atom stereocenters. The summed E-state index contributed by atoms with van der Waals surface area (Å²) < 4.78 is 28.8. The number of rotatable bonds is 4. The molecule has 0 aromatic carbocycles. The van der Waals surface area contributed by atoms with E-state index in [-0.39, 0.29) is 16.8 Å². The predicted octanol–water partition coefficient (Wildman–Crippen LogP) is 2.65. The second kappa shape index (κ2) is 7.91. The standard InChI is InChI=1S/C18H29N3O3S/c1-20-14-16(25(23,24)21-11-7-4-8-12-21)13-17(20)18(22)19-15-9-5-2-3-6-10-15/h13-15H,2-12H2,1H3,(H,19,22). The summed E-state index contributed by atoms with van der Waals surface area (Å²) in [6.45, 7) is 1.14. The number of piperidine rings is 1. The topological polar surface area (TPSA) is 71.4 Å².